The number of carboxylic acids is 1. The molecule has 0 bridgehead atoms. The number of carboxylic acid groups (broad SMARTS) is 1. The molecule has 0 spiro atoms. The van der Waals surface area contributed by atoms with E-state index in [4.69, 9.17) is 10.8 Å². The van der Waals surface area contributed by atoms with E-state index in [1.807, 2.05) is 0 Å². The highest BCUT2D eigenvalue weighted by atomic mass is 35.5. The van der Waals surface area contributed by atoms with Gasteiger partial charge in [0, 0.05) is 38.1 Å². The molecule has 1 rings (SSSR count). The molecule has 0 radical (unpaired) electrons. The largest absolute Gasteiger partial charge is 0.480 e. The Kier molecular flexibility index (Phi) is 10.5. The van der Waals surface area contributed by atoms with Crippen LogP contribution in [0.5, 0.6) is 0 Å². The Morgan fingerprint density at radius 1 is 1.24 bits per heavy atom. The summed E-state index contributed by atoms with van der Waals surface area (Å²) in [6.45, 7) is 4.81. The highest BCUT2D eigenvalue weighted by Crippen LogP contribution is 2.12. The first-order chi connectivity index (χ1) is 8.77. The highest BCUT2D eigenvalue weighted by Gasteiger charge is 2.31. The third-order valence-electron chi connectivity index (χ3n) is 2.97. The lowest BCUT2D eigenvalue weighted by molar-refractivity contribution is -0.143. The van der Waals surface area contributed by atoms with E-state index in [0.717, 1.165) is 0 Å². The summed E-state index contributed by atoms with van der Waals surface area (Å²) in [6.07, 6.45) is 0. The molecule has 1 heterocycles. The number of halogens is 2. The molecule has 0 saturated carbocycles. The summed E-state index contributed by atoms with van der Waals surface area (Å²) in [5.74, 6) is -0.969. The summed E-state index contributed by atoms with van der Waals surface area (Å²) in [7, 11) is -3.39. The van der Waals surface area contributed by atoms with Crippen LogP contribution in [0.2, 0.25) is 0 Å². The van der Waals surface area contributed by atoms with E-state index in [1.165, 1.54) is 9.71 Å². The van der Waals surface area contributed by atoms with E-state index in [-0.39, 0.29) is 44.4 Å². The Labute approximate surface area is 138 Å². The lowest BCUT2D eigenvalue weighted by atomic mass is 10.2. The predicted molar refractivity (Wildman–Crippen MR) is 86.5 cm³/mol. The number of rotatable bonds is 5. The number of nitrogens with two attached hydrogens (primary N) is 1. The minimum atomic E-state index is -3.39. The molecule has 1 aliphatic heterocycles. The van der Waals surface area contributed by atoms with Gasteiger partial charge >= 0.3 is 5.97 Å². The fourth-order valence-electron chi connectivity index (χ4n) is 2.05. The molecule has 1 saturated heterocycles. The molecule has 0 aliphatic carbocycles. The number of aliphatic carboxylic acids is 1. The quantitative estimate of drug-likeness (QED) is 0.718. The summed E-state index contributed by atoms with van der Waals surface area (Å²) >= 11 is 0. The lowest BCUT2D eigenvalue weighted by Gasteiger charge is -2.36. The van der Waals surface area contributed by atoms with E-state index >= 15 is 0 Å². The minimum absolute atomic E-state index is 0. The second kappa shape index (κ2) is 9.60. The standard InChI is InChI=1S/C11H21N3O4S.2ClH/c1-9(2)8-19(17,18)14-5-3-13(4-6-14)10(7-12)11(15)16;;/h8,10H,3-7,12H2,1-2H3,(H,15,16);2*1H. The van der Waals surface area contributed by atoms with Gasteiger partial charge in [-0.3, -0.25) is 9.69 Å². The molecular weight excluding hydrogens is 341 g/mol. The molecular formula is C11H23Cl2N3O4S. The maximum atomic E-state index is 12.0. The van der Waals surface area contributed by atoms with E-state index < -0.39 is 22.0 Å². The van der Waals surface area contributed by atoms with E-state index in [0.29, 0.717) is 18.7 Å². The van der Waals surface area contributed by atoms with Crippen molar-refractivity contribution in [3.05, 3.63) is 11.0 Å². The Morgan fingerprint density at radius 2 is 1.71 bits per heavy atom. The number of sulfonamides is 1. The highest BCUT2D eigenvalue weighted by molar-refractivity contribution is 7.92. The van der Waals surface area contributed by atoms with Gasteiger partial charge in [0.1, 0.15) is 6.04 Å². The fourth-order valence-corrected chi connectivity index (χ4v) is 3.47. The van der Waals surface area contributed by atoms with Gasteiger partial charge in [0.05, 0.1) is 0 Å². The van der Waals surface area contributed by atoms with Crippen molar-refractivity contribution in [2.45, 2.75) is 19.9 Å². The van der Waals surface area contributed by atoms with Crippen LogP contribution in [0.25, 0.3) is 0 Å². The second-order valence-electron chi connectivity index (χ2n) is 4.76. The van der Waals surface area contributed by atoms with Gasteiger partial charge in [-0.1, -0.05) is 5.57 Å². The molecule has 1 atom stereocenters. The molecule has 21 heavy (non-hydrogen) atoms. The van der Waals surface area contributed by atoms with Crippen molar-refractivity contribution in [3.63, 3.8) is 0 Å². The topological polar surface area (TPSA) is 104 Å². The zero-order valence-electron chi connectivity index (χ0n) is 12.1. The maximum Gasteiger partial charge on any atom is 0.322 e. The predicted octanol–water partition coefficient (Wildman–Crippen LogP) is 0.113. The molecule has 0 amide bonds. The van der Waals surface area contributed by atoms with Crippen LogP contribution in [0.3, 0.4) is 0 Å². The normalized spacial score (nSPS) is 18.0. The van der Waals surface area contributed by atoms with Gasteiger partial charge in [-0.25, -0.2) is 8.42 Å². The van der Waals surface area contributed by atoms with Crippen LogP contribution < -0.4 is 5.73 Å². The SMILES string of the molecule is CC(C)=CS(=O)(=O)N1CCN(C(CN)C(=O)O)CC1.Cl.Cl. The van der Waals surface area contributed by atoms with Crippen LogP contribution in [0, 0.1) is 0 Å². The van der Waals surface area contributed by atoms with Crippen molar-refractivity contribution in [1.82, 2.24) is 9.21 Å². The minimum Gasteiger partial charge on any atom is -0.480 e. The number of hydrogen-bond acceptors (Lipinski definition) is 5. The zero-order chi connectivity index (χ0) is 14.6. The Hall–Kier alpha value is -0.380. The Morgan fingerprint density at radius 3 is 2.05 bits per heavy atom. The van der Waals surface area contributed by atoms with Crippen LogP contribution in [-0.4, -0.2) is 67.5 Å². The van der Waals surface area contributed by atoms with Gasteiger partial charge in [0.25, 0.3) is 0 Å². The molecule has 10 heteroatoms. The fraction of sp³-hybridized carbons (Fsp3) is 0.727. The summed E-state index contributed by atoms with van der Waals surface area (Å²) in [5.41, 5.74) is 6.14. The van der Waals surface area contributed by atoms with Gasteiger partial charge in [0.2, 0.25) is 10.0 Å². The number of allylic oxidation sites excluding steroid dienone is 1. The number of nitrogens with zero attached hydrogens (tertiary/aromatic N) is 2. The average molecular weight is 364 g/mol. The maximum absolute atomic E-state index is 12.0. The molecule has 1 fully saturated rings. The number of piperazine rings is 1. The summed E-state index contributed by atoms with van der Waals surface area (Å²) in [4.78, 5) is 12.7. The Balaban J connectivity index is 0. The Bertz CT molecular complexity index is 458. The first-order valence-electron chi connectivity index (χ1n) is 6.10. The molecule has 0 aromatic heterocycles. The molecule has 126 valence electrons. The lowest BCUT2D eigenvalue weighted by Crippen LogP contribution is -2.55. The van der Waals surface area contributed by atoms with Gasteiger partial charge in [-0.2, -0.15) is 4.31 Å². The van der Waals surface area contributed by atoms with E-state index in [1.54, 1.807) is 18.7 Å². The van der Waals surface area contributed by atoms with Crippen molar-refractivity contribution < 1.29 is 18.3 Å². The van der Waals surface area contributed by atoms with Crippen LogP contribution in [-0.2, 0) is 14.8 Å². The van der Waals surface area contributed by atoms with E-state index in [2.05, 4.69) is 0 Å². The van der Waals surface area contributed by atoms with E-state index in [9.17, 15) is 13.2 Å². The molecule has 0 aromatic rings. The molecule has 0 aromatic carbocycles. The van der Waals surface area contributed by atoms with Gasteiger partial charge in [-0.15, -0.1) is 24.8 Å². The van der Waals surface area contributed by atoms with Crippen molar-refractivity contribution in [2.24, 2.45) is 5.73 Å². The van der Waals surface area contributed by atoms with Crippen LogP contribution in [0.4, 0.5) is 0 Å². The average Bonchev–Trinajstić information content (AvgIpc) is 2.28. The van der Waals surface area contributed by atoms with Gasteiger partial charge in [0.15, 0.2) is 0 Å². The second-order valence-corrected chi connectivity index (χ2v) is 6.55. The van der Waals surface area contributed by atoms with Crippen molar-refractivity contribution in [2.75, 3.05) is 32.7 Å². The van der Waals surface area contributed by atoms with Crippen molar-refractivity contribution in [3.8, 4) is 0 Å². The van der Waals surface area contributed by atoms with Crippen LogP contribution >= 0.6 is 24.8 Å². The first kappa shape index (κ1) is 22.9. The summed E-state index contributed by atoms with van der Waals surface area (Å²) in [5, 5.41) is 10.2. The van der Waals surface area contributed by atoms with Gasteiger partial charge in [-0.05, 0) is 13.8 Å². The monoisotopic (exact) mass is 363 g/mol. The first-order valence-corrected chi connectivity index (χ1v) is 7.60. The van der Waals surface area contributed by atoms with Crippen LogP contribution in [0.1, 0.15) is 13.8 Å². The van der Waals surface area contributed by atoms with Gasteiger partial charge < -0.3 is 10.8 Å². The number of hydrogen-bond donors (Lipinski definition) is 2. The molecule has 7 nitrogen and oxygen atoms in total. The smallest absolute Gasteiger partial charge is 0.322 e. The third-order valence-corrected chi connectivity index (χ3v) is 4.82. The number of carbonyl (C=O) groups is 1. The molecule has 3 N–H and O–H groups in total. The molecule has 1 unspecified atom stereocenters. The summed E-state index contributed by atoms with van der Waals surface area (Å²) < 4.78 is 25.3. The summed E-state index contributed by atoms with van der Waals surface area (Å²) in [6, 6.07) is -0.742. The zero-order valence-corrected chi connectivity index (χ0v) is 14.5. The van der Waals surface area contributed by atoms with Crippen molar-refractivity contribution >= 4 is 40.8 Å². The molecule has 1 aliphatic rings. The third kappa shape index (κ3) is 6.50. The van der Waals surface area contributed by atoms with Crippen molar-refractivity contribution in [1.29, 1.82) is 0 Å². The van der Waals surface area contributed by atoms with Crippen LogP contribution in [0.15, 0.2) is 11.0 Å².